The number of hydrogen-bond acceptors (Lipinski definition) is 2. The second-order valence-electron chi connectivity index (χ2n) is 4.69. The molecule has 0 fully saturated rings. The normalized spacial score (nSPS) is 11.5. The minimum atomic E-state index is -4.51. The lowest BCUT2D eigenvalue weighted by molar-refractivity contribution is -0.137. The van der Waals surface area contributed by atoms with E-state index in [1.54, 1.807) is 0 Å². The van der Waals surface area contributed by atoms with Gasteiger partial charge in [-0.1, -0.05) is 28.8 Å². The van der Waals surface area contributed by atoms with Gasteiger partial charge in [-0.15, -0.1) is 0 Å². The number of alkyl halides is 3. The third-order valence-corrected chi connectivity index (χ3v) is 3.41. The van der Waals surface area contributed by atoms with E-state index in [0.29, 0.717) is 17.4 Å². The van der Waals surface area contributed by atoms with Crippen molar-refractivity contribution in [2.45, 2.75) is 38.3 Å². The van der Waals surface area contributed by atoms with Crippen molar-refractivity contribution in [1.29, 1.82) is 0 Å². The number of carbonyl (C=O) groups excluding carboxylic acids is 1. The van der Waals surface area contributed by atoms with Gasteiger partial charge in [0, 0.05) is 10.9 Å². The maximum atomic E-state index is 12.9. The van der Waals surface area contributed by atoms with E-state index in [1.807, 2.05) is 0 Å². The summed E-state index contributed by atoms with van der Waals surface area (Å²) in [6, 6.07) is 3.67. The molecule has 1 amide bonds. The summed E-state index contributed by atoms with van der Waals surface area (Å²) in [5, 5.41) is 2.33. The van der Waals surface area contributed by atoms with Crippen molar-refractivity contribution in [3.63, 3.8) is 0 Å². The number of hydrogen-bond donors (Lipinski definition) is 2. The van der Waals surface area contributed by atoms with E-state index in [-0.39, 0.29) is 12.1 Å². The first kappa shape index (κ1) is 18.0. The smallest absolute Gasteiger partial charge is 0.330 e. The van der Waals surface area contributed by atoms with Gasteiger partial charge in [0.15, 0.2) is 0 Å². The van der Waals surface area contributed by atoms with Gasteiger partial charge >= 0.3 is 6.18 Å². The molecular formula is C14H18BrF3N2O. The molecule has 7 heteroatoms. The Balaban J connectivity index is 2.60. The largest absolute Gasteiger partial charge is 0.418 e. The maximum Gasteiger partial charge on any atom is 0.418 e. The molecule has 1 rings (SSSR count). The Morgan fingerprint density at radius 3 is 2.48 bits per heavy atom. The molecule has 1 aromatic carbocycles. The Kier molecular flexibility index (Phi) is 7.17. The fraction of sp³-hybridized carbons (Fsp3) is 0.500. The van der Waals surface area contributed by atoms with E-state index in [2.05, 4.69) is 21.2 Å². The highest BCUT2D eigenvalue weighted by Gasteiger charge is 2.34. The maximum absolute atomic E-state index is 12.9. The zero-order valence-corrected chi connectivity index (χ0v) is 13.1. The Labute approximate surface area is 130 Å². The summed E-state index contributed by atoms with van der Waals surface area (Å²) in [6.07, 6.45) is -0.991. The first-order valence-electron chi connectivity index (χ1n) is 6.71. The third-order valence-electron chi connectivity index (χ3n) is 2.92. The Hall–Kier alpha value is -1.08. The van der Waals surface area contributed by atoms with Crippen LogP contribution < -0.4 is 11.1 Å². The molecule has 3 nitrogen and oxygen atoms in total. The van der Waals surface area contributed by atoms with E-state index in [4.69, 9.17) is 5.73 Å². The minimum absolute atomic E-state index is 0.206. The molecule has 0 aliphatic heterocycles. The average Bonchev–Trinajstić information content (AvgIpc) is 2.39. The van der Waals surface area contributed by atoms with Crippen LogP contribution in [0.3, 0.4) is 0 Å². The highest BCUT2D eigenvalue weighted by molar-refractivity contribution is 9.10. The summed E-state index contributed by atoms with van der Waals surface area (Å²) in [7, 11) is 0. The van der Waals surface area contributed by atoms with Crippen molar-refractivity contribution in [2.75, 3.05) is 11.9 Å². The molecule has 0 aromatic heterocycles. The van der Waals surface area contributed by atoms with E-state index >= 15 is 0 Å². The predicted octanol–water partition coefficient (Wildman–Crippen LogP) is 4.32. The van der Waals surface area contributed by atoms with Gasteiger partial charge in [0.2, 0.25) is 5.91 Å². The molecular weight excluding hydrogens is 349 g/mol. The Morgan fingerprint density at radius 2 is 1.86 bits per heavy atom. The van der Waals surface area contributed by atoms with Gasteiger partial charge in [-0.2, -0.15) is 13.2 Å². The summed E-state index contributed by atoms with van der Waals surface area (Å²) in [5.41, 5.74) is 4.29. The second kappa shape index (κ2) is 8.38. The Bertz CT molecular complexity index is 478. The molecule has 0 atom stereocenters. The summed E-state index contributed by atoms with van der Waals surface area (Å²) in [5.74, 6) is -0.407. The van der Waals surface area contributed by atoms with Crippen molar-refractivity contribution >= 4 is 27.5 Å². The summed E-state index contributed by atoms with van der Waals surface area (Å²) < 4.78 is 39.0. The third kappa shape index (κ3) is 6.48. The van der Waals surface area contributed by atoms with Gasteiger partial charge in [0.05, 0.1) is 11.3 Å². The van der Waals surface area contributed by atoms with Crippen LogP contribution in [-0.2, 0) is 11.0 Å². The van der Waals surface area contributed by atoms with E-state index in [9.17, 15) is 18.0 Å². The Morgan fingerprint density at radius 1 is 1.19 bits per heavy atom. The molecule has 0 bridgehead atoms. The first-order valence-corrected chi connectivity index (χ1v) is 7.50. The highest BCUT2D eigenvalue weighted by Crippen LogP contribution is 2.36. The van der Waals surface area contributed by atoms with Crippen molar-refractivity contribution in [1.82, 2.24) is 0 Å². The molecule has 0 heterocycles. The topological polar surface area (TPSA) is 55.1 Å². The van der Waals surface area contributed by atoms with Crippen molar-refractivity contribution in [2.24, 2.45) is 5.73 Å². The summed E-state index contributed by atoms with van der Waals surface area (Å²) in [6.45, 7) is 0.611. The molecule has 0 saturated heterocycles. The number of halogens is 4. The fourth-order valence-corrected chi connectivity index (χ4v) is 2.22. The molecule has 0 aliphatic rings. The van der Waals surface area contributed by atoms with Gasteiger partial charge in [-0.25, -0.2) is 0 Å². The number of amides is 1. The van der Waals surface area contributed by atoms with Crippen LogP contribution in [0.2, 0.25) is 0 Å². The SMILES string of the molecule is NCCCCCCC(=O)Nc1ccc(Br)cc1C(F)(F)F. The lowest BCUT2D eigenvalue weighted by atomic mass is 10.1. The van der Waals surface area contributed by atoms with Crippen LogP contribution >= 0.6 is 15.9 Å². The van der Waals surface area contributed by atoms with Crippen LogP contribution in [-0.4, -0.2) is 12.5 Å². The molecule has 21 heavy (non-hydrogen) atoms. The fourth-order valence-electron chi connectivity index (χ4n) is 1.86. The van der Waals surface area contributed by atoms with Crippen LogP contribution in [0.1, 0.15) is 37.7 Å². The average molecular weight is 367 g/mol. The molecule has 0 aliphatic carbocycles. The number of anilines is 1. The van der Waals surface area contributed by atoms with Crippen LogP contribution in [0.15, 0.2) is 22.7 Å². The summed E-state index contributed by atoms with van der Waals surface area (Å²) in [4.78, 5) is 11.7. The van der Waals surface area contributed by atoms with Crippen molar-refractivity contribution < 1.29 is 18.0 Å². The van der Waals surface area contributed by atoms with Crippen LogP contribution in [0, 0.1) is 0 Å². The predicted molar refractivity (Wildman–Crippen MR) is 79.9 cm³/mol. The lowest BCUT2D eigenvalue weighted by Gasteiger charge is -2.14. The molecule has 0 spiro atoms. The van der Waals surface area contributed by atoms with Crippen LogP contribution in [0.25, 0.3) is 0 Å². The molecule has 3 N–H and O–H groups in total. The van der Waals surface area contributed by atoms with Crippen LogP contribution in [0.4, 0.5) is 18.9 Å². The van der Waals surface area contributed by atoms with Gasteiger partial charge in [0.25, 0.3) is 0 Å². The number of nitrogens with two attached hydrogens (primary N) is 1. The van der Waals surface area contributed by atoms with Gasteiger partial charge in [-0.3, -0.25) is 4.79 Å². The molecule has 118 valence electrons. The number of rotatable bonds is 7. The number of nitrogens with one attached hydrogen (secondary N) is 1. The van der Waals surface area contributed by atoms with Gasteiger partial charge in [0.1, 0.15) is 0 Å². The lowest BCUT2D eigenvalue weighted by Crippen LogP contribution is -2.16. The monoisotopic (exact) mass is 366 g/mol. The minimum Gasteiger partial charge on any atom is -0.330 e. The zero-order chi connectivity index (χ0) is 15.9. The quantitative estimate of drug-likeness (QED) is 0.706. The number of carbonyl (C=O) groups is 1. The van der Waals surface area contributed by atoms with E-state index in [1.165, 1.54) is 12.1 Å². The van der Waals surface area contributed by atoms with Crippen molar-refractivity contribution in [3.05, 3.63) is 28.2 Å². The van der Waals surface area contributed by atoms with Crippen molar-refractivity contribution in [3.8, 4) is 0 Å². The van der Waals surface area contributed by atoms with Crippen LogP contribution in [0.5, 0.6) is 0 Å². The number of benzene rings is 1. The number of unbranched alkanes of at least 4 members (excludes halogenated alkanes) is 3. The molecule has 1 aromatic rings. The molecule has 0 unspecified atom stereocenters. The van der Waals surface area contributed by atoms with Gasteiger partial charge in [-0.05, 0) is 37.6 Å². The van der Waals surface area contributed by atoms with E-state index in [0.717, 1.165) is 25.3 Å². The van der Waals surface area contributed by atoms with E-state index < -0.39 is 17.6 Å². The van der Waals surface area contributed by atoms with Gasteiger partial charge < -0.3 is 11.1 Å². The second-order valence-corrected chi connectivity index (χ2v) is 5.60. The highest BCUT2D eigenvalue weighted by atomic mass is 79.9. The zero-order valence-electron chi connectivity index (χ0n) is 11.5. The molecule has 0 saturated carbocycles. The summed E-state index contributed by atoms with van der Waals surface area (Å²) >= 11 is 3.00. The first-order chi connectivity index (χ1) is 9.84. The molecule has 0 radical (unpaired) electrons. The standard InChI is InChI=1S/C14H18BrF3N2O/c15-10-6-7-12(11(9-10)14(16,17)18)20-13(21)5-3-1-2-4-8-19/h6-7,9H,1-5,8,19H2,(H,20,21).